The summed E-state index contributed by atoms with van der Waals surface area (Å²) in [5.74, 6) is -0.508. The summed E-state index contributed by atoms with van der Waals surface area (Å²) >= 11 is 0. The molecular weight excluding hydrogens is 340 g/mol. The van der Waals surface area contributed by atoms with E-state index in [4.69, 9.17) is 0 Å². The Hall–Kier alpha value is -2.22. The van der Waals surface area contributed by atoms with Crippen molar-refractivity contribution in [1.82, 2.24) is 9.62 Å². The highest BCUT2D eigenvalue weighted by atomic mass is 32.2. The van der Waals surface area contributed by atoms with Crippen molar-refractivity contribution in [3.63, 3.8) is 0 Å². The normalized spacial score (nSPS) is 12.8. The lowest BCUT2D eigenvalue weighted by Crippen LogP contribution is -2.35. The summed E-state index contributed by atoms with van der Waals surface area (Å²) in [6, 6.07) is 14.7. The largest absolute Gasteiger partial charge is 0.465 e. The number of carbonyl (C=O) groups is 1. The standard InChI is InChI=1S/C18H22N2O4S/c1-20(2)13-17(14-7-5-4-6-8-14)19-25(22,23)16-11-9-15(10-12-16)18(21)24-3/h4-12,17,19H,13H2,1-3H3/t17-/m1/s1. The highest BCUT2D eigenvalue weighted by Gasteiger charge is 2.22. The second-order valence-corrected chi connectivity index (χ2v) is 7.58. The summed E-state index contributed by atoms with van der Waals surface area (Å²) in [7, 11) is 1.32. The van der Waals surface area contributed by atoms with Gasteiger partial charge < -0.3 is 9.64 Å². The molecule has 0 amide bonds. The smallest absolute Gasteiger partial charge is 0.337 e. The van der Waals surface area contributed by atoms with Gasteiger partial charge in [-0.25, -0.2) is 17.9 Å². The average Bonchev–Trinajstić information content (AvgIpc) is 2.61. The van der Waals surface area contributed by atoms with Crippen LogP contribution in [0.4, 0.5) is 0 Å². The average molecular weight is 362 g/mol. The van der Waals surface area contributed by atoms with Crippen LogP contribution >= 0.6 is 0 Å². The molecule has 134 valence electrons. The molecule has 0 aliphatic carbocycles. The fourth-order valence-corrected chi connectivity index (χ4v) is 3.62. The van der Waals surface area contributed by atoms with Crippen LogP contribution < -0.4 is 4.72 Å². The monoisotopic (exact) mass is 362 g/mol. The van der Waals surface area contributed by atoms with Crippen LogP contribution in [0.3, 0.4) is 0 Å². The Morgan fingerprint density at radius 3 is 2.20 bits per heavy atom. The lowest BCUT2D eigenvalue weighted by atomic mass is 10.1. The molecule has 0 aromatic heterocycles. The third-order valence-corrected chi connectivity index (χ3v) is 5.12. The number of ether oxygens (including phenoxy) is 1. The molecule has 0 spiro atoms. The van der Waals surface area contributed by atoms with Crippen LogP contribution in [0.2, 0.25) is 0 Å². The van der Waals surface area contributed by atoms with Crippen LogP contribution in [0.5, 0.6) is 0 Å². The van der Waals surface area contributed by atoms with Gasteiger partial charge in [-0.2, -0.15) is 0 Å². The minimum Gasteiger partial charge on any atom is -0.465 e. The van der Waals surface area contributed by atoms with Gasteiger partial charge in [0.15, 0.2) is 0 Å². The van der Waals surface area contributed by atoms with Crippen molar-refractivity contribution in [2.24, 2.45) is 0 Å². The Labute approximate surface area is 148 Å². The zero-order valence-corrected chi connectivity index (χ0v) is 15.3. The van der Waals surface area contributed by atoms with E-state index in [2.05, 4.69) is 9.46 Å². The molecule has 0 unspecified atom stereocenters. The molecule has 0 fully saturated rings. The van der Waals surface area contributed by atoms with E-state index in [1.54, 1.807) is 0 Å². The molecule has 0 heterocycles. The molecule has 0 bridgehead atoms. The molecule has 1 N–H and O–H groups in total. The van der Waals surface area contributed by atoms with Crippen LogP contribution in [-0.4, -0.2) is 47.0 Å². The number of nitrogens with one attached hydrogen (secondary N) is 1. The first-order valence-corrected chi connectivity index (χ1v) is 9.22. The number of hydrogen-bond acceptors (Lipinski definition) is 5. The summed E-state index contributed by atoms with van der Waals surface area (Å²) < 4.78 is 32.8. The van der Waals surface area contributed by atoms with E-state index in [1.165, 1.54) is 31.4 Å². The summed E-state index contributed by atoms with van der Waals surface area (Å²) in [4.78, 5) is 13.5. The van der Waals surface area contributed by atoms with Gasteiger partial charge in [0.05, 0.1) is 23.6 Å². The van der Waals surface area contributed by atoms with Crippen molar-refractivity contribution in [2.75, 3.05) is 27.7 Å². The van der Waals surface area contributed by atoms with Gasteiger partial charge in [0, 0.05) is 6.54 Å². The minimum atomic E-state index is -3.73. The highest BCUT2D eigenvalue weighted by molar-refractivity contribution is 7.89. The molecular formula is C18H22N2O4S. The van der Waals surface area contributed by atoms with Gasteiger partial charge in [-0.05, 0) is 43.9 Å². The van der Waals surface area contributed by atoms with E-state index in [0.717, 1.165) is 5.56 Å². The molecule has 25 heavy (non-hydrogen) atoms. The first-order valence-electron chi connectivity index (χ1n) is 7.74. The van der Waals surface area contributed by atoms with Crippen molar-refractivity contribution in [2.45, 2.75) is 10.9 Å². The highest BCUT2D eigenvalue weighted by Crippen LogP contribution is 2.18. The molecule has 0 saturated carbocycles. The van der Waals surface area contributed by atoms with Crippen LogP contribution in [0, 0.1) is 0 Å². The molecule has 0 saturated heterocycles. The SMILES string of the molecule is COC(=O)c1ccc(S(=O)(=O)N[C@H](CN(C)C)c2ccccc2)cc1. The lowest BCUT2D eigenvalue weighted by Gasteiger charge is -2.22. The van der Waals surface area contributed by atoms with Gasteiger partial charge in [0.1, 0.15) is 0 Å². The molecule has 7 heteroatoms. The number of rotatable bonds is 7. The summed E-state index contributed by atoms with van der Waals surface area (Å²) in [5, 5.41) is 0. The van der Waals surface area contributed by atoms with Gasteiger partial charge >= 0.3 is 5.97 Å². The van der Waals surface area contributed by atoms with Gasteiger partial charge in [-0.1, -0.05) is 30.3 Å². The molecule has 6 nitrogen and oxygen atoms in total. The first kappa shape index (κ1) is 19.1. The maximum atomic E-state index is 12.7. The van der Waals surface area contributed by atoms with Crippen LogP contribution in [0.25, 0.3) is 0 Å². The van der Waals surface area contributed by atoms with Crippen LogP contribution in [0.15, 0.2) is 59.5 Å². The quantitative estimate of drug-likeness (QED) is 0.763. The lowest BCUT2D eigenvalue weighted by molar-refractivity contribution is 0.0600. The van der Waals surface area contributed by atoms with E-state index >= 15 is 0 Å². The van der Waals surface area contributed by atoms with E-state index in [1.807, 2.05) is 49.3 Å². The van der Waals surface area contributed by atoms with Crippen molar-refractivity contribution >= 4 is 16.0 Å². The topological polar surface area (TPSA) is 75.7 Å². The minimum absolute atomic E-state index is 0.0971. The van der Waals surface area contributed by atoms with Gasteiger partial charge in [-0.15, -0.1) is 0 Å². The molecule has 0 aliphatic rings. The van der Waals surface area contributed by atoms with Gasteiger partial charge in [0.25, 0.3) is 0 Å². The summed E-state index contributed by atoms with van der Waals surface area (Å²) in [5.41, 5.74) is 1.18. The van der Waals surface area contributed by atoms with Crippen molar-refractivity contribution in [1.29, 1.82) is 0 Å². The molecule has 0 radical (unpaired) electrons. The summed E-state index contributed by atoms with van der Waals surface area (Å²) in [6.07, 6.45) is 0. The first-order chi connectivity index (χ1) is 11.8. The zero-order valence-electron chi connectivity index (χ0n) is 14.5. The van der Waals surface area contributed by atoms with Gasteiger partial charge in [0.2, 0.25) is 10.0 Å². The predicted molar refractivity (Wildman–Crippen MR) is 95.8 cm³/mol. The number of sulfonamides is 1. The van der Waals surface area contributed by atoms with E-state index in [9.17, 15) is 13.2 Å². The number of carbonyl (C=O) groups excluding carboxylic acids is 1. The Morgan fingerprint density at radius 1 is 1.08 bits per heavy atom. The maximum Gasteiger partial charge on any atom is 0.337 e. The Kier molecular flexibility index (Phi) is 6.30. The zero-order chi connectivity index (χ0) is 18.4. The van der Waals surface area contributed by atoms with Gasteiger partial charge in [-0.3, -0.25) is 0 Å². The molecule has 2 aromatic carbocycles. The number of nitrogens with zero attached hydrogens (tertiary/aromatic N) is 1. The van der Waals surface area contributed by atoms with Crippen molar-refractivity contribution < 1.29 is 17.9 Å². The molecule has 0 aliphatic heterocycles. The van der Waals surface area contributed by atoms with E-state index in [-0.39, 0.29) is 10.9 Å². The fourth-order valence-electron chi connectivity index (χ4n) is 2.40. The van der Waals surface area contributed by atoms with E-state index in [0.29, 0.717) is 12.1 Å². The third-order valence-electron chi connectivity index (χ3n) is 3.63. The number of hydrogen-bond donors (Lipinski definition) is 1. The summed E-state index contributed by atoms with van der Waals surface area (Å²) in [6.45, 7) is 0.517. The Bertz CT molecular complexity index is 803. The Balaban J connectivity index is 2.26. The number of esters is 1. The van der Waals surface area contributed by atoms with E-state index < -0.39 is 16.0 Å². The predicted octanol–water partition coefficient (Wildman–Crippen LogP) is 2.05. The maximum absolute atomic E-state index is 12.7. The second-order valence-electron chi connectivity index (χ2n) is 5.86. The second kappa shape index (κ2) is 8.24. The Morgan fingerprint density at radius 2 is 1.68 bits per heavy atom. The van der Waals surface area contributed by atoms with Crippen molar-refractivity contribution in [3.8, 4) is 0 Å². The van der Waals surface area contributed by atoms with Crippen LogP contribution in [0.1, 0.15) is 22.0 Å². The third kappa shape index (κ3) is 5.12. The number of methoxy groups -OCH3 is 1. The number of likely N-dealkylation sites (N-methyl/N-ethyl adjacent to an activating group) is 1. The fraction of sp³-hybridized carbons (Fsp3) is 0.278. The molecule has 1 atom stereocenters. The van der Waals surface area contributed by atoms with Crippen LogP contribution in [-0.2, 0) is 14.8 Å². The number of benzene rings is 2. The van der Waals surface area contributed by atoms with Crippen molar-refractivity contribution in [3.05, 3.63) is 65.7 Å². The molecule has 2 rings (SSSR count). The molecule has 2 aromatic rings.